The highest BCUT2D eigenvalue weighted by Gasteiger charge is 2.25. The van der Waals surface area contributed by atoms with Gasteiger partial charge >= 0.3 is 0 Å². The molecule has 0 aliphatic carbocycles. The van der Waals surface area contributed by atoms with Crippen LogP contribution in [-0.4, -0.2) is 59.2 Å². The van der Waals surface area contributed by atoms with Crippen LogP contribution < -0.4 is 14.2 Å². The van der Waals surface area contributed by atoms with Crippen LogP contribution in [0.3, 0.4) is 0 Å². The molecule has 2 aliphatic heterocycles. The zero-order chi connectivity index (χ0) is 22.7. The van der Waals surface area contributed by atoms with E-state index in [2.05, 4.69) is 4.72 Å². The lowest BCUT2D eigenvalue weighted by atomic mass is 9.98. The van der Waals surface area contributed by atoms with Crippen LogP contribution in [0.15, 0.2) is 41.3 Å². The van der Waals surface area contributed by atoms with Crippen molar-refractivity contribution in [2.75, 3.05) is 33.9 Å². The van der Waals surface area contributed by atoms with Crippen molar-refractivity contribution in [3.05, 3.63) is 53.1 Å². The number of nitrogens with zero attached hydrogens (tertiary/aromatic N) is 1. The molecule has 0 bridgehead atoms. The van der Waals surface area contributed by atoms with Gasteiger partial charge in [0.05, 0.1) is 25.2 Å². The van der Waals surface area contributed by atoms with Gasteiger partial charge in [-0.2, -0.15) is 0 Å². The highest BCUT2D eigenvalue weighted by Crippen LogP contribution is 2.33. The second-order valence-electron chi connectivity index (χ2n) is 7.97. The molecule has 2 aromatic carbocycles. The molecule has 1 fully saturated rings. The fourth-order valence-electron chi connectivity index (χ4n) is 4.13. The van der Waals surface area contributed by atoms with E-state index in [0.29, 0.717) is 43.2 Å². The first-order chi connectivity index (χ1) is 15.4. The number of fused-ring (bicyclic) bond motifs is 1. The minimum atomic E-state index is -3.73. The molecule has 0 radical (unpaired) electrons. The van der Waals surface area contributed by atoms with Crippen molar-refractivity contribution in [3.8, 4) is 11.5 Å². The predicted molar refractivity (Wildman–Crippen MR) is 119 cm³/mol. The Morgan fingerprint density at radius 2 is 1.91 bits per heavy atom. The van der Waals surface area contributed by atoms with Crippen LogP contribution in [0.2, 0.25) is 0 Å². The van der Waals surface area contributed by atoms with Gasteiger partial charge in [0.1, 0.15) is 0 Å². The Morgan fingerprint density at radius 3 is 2.59 bits per heavy atom. The molecule has 2 heterocycles. The number of amides is 1. The molecule has 1 atom stereocenters. The molecule has 1 amide bonds. The van der Waals surface area contributed by atoms with Gasteiger partial charge in [-0.3, -0.25) is 4.79 Å². The van der Waals surface area contributed by atoms with Gasteiger partial charge in [-0.15, -0.1) is 0 Å². The van der Waals surface area contributed by atoms with Crippen LogP contribution in [0.5, 0.6) is 11.5 Å². The Bertz CT molecular complexity index is 1100. The highest BCUT2D eigenvalue weighted by molar-refractivity contribution is 7.89. The van der Waals surface area contributed by atoms with E-state index in [1.165, 1.54) is 12.1 Å². The first-order valence-electron chi connectivity index (χ1n) is 10.7. The molecule has 2 aliphatic rings. The van der Waals surface area contributed by atoms with Crippen molar-refractivity contribution in [3.63, 3.8) is 0 Å². The maximum atomic E-state index is 13.2. The molecular formula is C23H28N2O6S. The number of benzene rings is 2. The van der Waals surface area contributed by atoms with Crippen molar-refractivity contribution < 1.29 is 27.4 Å². The van der Waals surface area contributed by atoms with Gasteiger partial charge in [0.2, 0.25) is 10.0 Å². The van der Waals surface area contributed by atoms with Gasteiger partial charge in [-0.25, -0.2) is 13.1 Å². The fraction of sp³-hybridized carbons (Fsp3) is 0.435. The SMILES string of the molecule is COc1cc2c(cc1OC)CN(C(=O)c1cccc(S(=O)(=O)NC[C@@H]3CCCO3)c1)CC2. The maximum absolute atomic E-state index is 13.2. The first kappa shape index (κ1) is 22.6. The molecule has 9 heteroatoms. The minimum Gasteiger partial charge on any atom is -0.493 e. The van der Waals surface area contributed by atoms with E-state index in [1.54, 1.807) is 31.3 Å². The summed E-state index contributed by atoms with van der Waals surface area (Å²) in [5.41, 5.74) is 2.44. The summed E-state index contributed by atoms with van der Waals surface area (Å²) < 4.78 is 44.3. The summed E-state index contributed by atoms with van der Waals surface area (Å²) in [6.07, 6.45) is 2.36. The Hall–Kier alpha value is -2.62. The smallest absolute Gasteiger partial charge is 0.254 e. The third-order valence-electron chi connectivity index (χ3n) is 5.92. The Kier molecular flexibility index (Phi) is 6.68. The van der Waals surface area contributed by atoms with Gasteiger partial charge < -0.3 is 19.1 Å². The van der Waals surface area contributed by atoms with Crippen molar-refractivity contribution in [2.45, 2.75) is 36.8 Å². The van der Waals surface area contributed by atoms with E-state index >= 15 is 0 Å². The molecule has 1 N–H and O–H groups in total. The highest BCUT2D eigenvalue weighted by atomic mass is 32.2. The number of hydrogen-bond acceptors (Lipinski definition) is 6. The lowest BCUT2D eigenvalue weighted by molar-refractivity contribution is 0.0734. The zero-order valence-corrected chi connectivity index (χ0v) is 19.1. The molecule has 0 spiro atoms. The van der Waals surface area contributed by atoms with Crippen molar-refractivity contribution in [1.29, 1.82) is 0 Å². The molecule has 0 saturated carbocycles. The number of rotatable bonds is 7. The normalized spacial score (nSPS) is 18.3. The monoisotopic (exact) mass is 460 g/mol. The number of methoxy groups -OCH3 is 2. The molecule has 172 valence electrons. The van der Waals surface area contributed by atoms with Crippen molar-refractivity contribution in [1.82, 2.24) is 9.62 Å². The minimum absolute atomic E-state index is 0.0742. The maximum Gasteiger partial charge on any atom is 0.254 e. The number of carbonyl (C=O) groups is 1. The lowest BCUT2D eigenvalue weighted by Gasteiger charge is -2.30. The summed E-state index contributed by atoms with van der Waals surface area (Å²) in [4.78, 5) is 15.0. The average molecular weight is 461 g/mol. The van der Waals surface area contributed by atoms with Gasteiger partial charge in [-0.05, 0) is 60.7 Å². The second-order valence-corrected chi connectivity index (χ2v) is 9.73. The third kappa shape index (κ3) is 4.74. The Morgan fingerprint density at radius 1 is 1.16 bits per heavy atom. The number of ether oxygens (including phenoxy) is 3. The van der Waals surface area contributed by atoms with Gasteiger partial charge in [-0.1, -0.05) is 6.07 Å². The summed E-state index contributed by atoms with van der Waals surface area (Å²) in [5.74, 6) is 1.08. The van der Waals surface area contributed by atoms with Crippen molar-refractivity contribution in [2.24, 2.45) is 0 Å². The summed E-state index contributed by atoms with van der Waals surface area (Å²) in [7, 11) is -0.556. The molecule has 2 aromatic rings. The zero-order valence-electron chi connectivity index (χ0n) is 18.3. The second kappa shape index (κ2) is 9.48. The van der Waals surface area contributed by atoms with E-state index in [-0.39, 0.29) is 23.5 Å². The van der Waals surface area contributed by atoms with E-state index < -0.39 is 10.0 Å². The number of carbonyl (C=O) groups excluding carboxylic acids is 1. The first-order valence-corrected chi connectivity index (χ1v) is 12.1. The summed E-state index contributed by atoms with van der Waals surface area (Å²) >= 11 is 0. The van der Waals surface area contributed by atoms with Gasteiger partial charge in [0, 0.05) is 31.8 Å². The van der Waals surface area contributed by atoms with Crippen LogP contribution in [0.1, 0.15) is 34.3 Å². The topological polar surface area (TPSA) is 94.2 Å². The van der Waals surface area contributed by atoms with Crippen LogP contribution in [-0.2, 0) is 27.7 Å². The number of hydrogen-bond donors (Lipinski definition) is 1. The molecule has 0 aromatic heterocycles. The quantitative estimate of drug-likeness (QED) is 0.682. The standard InChI is InChI=1S/C23H28N2O6S/c1-29-21-12-16-8-9-25(15-18(16)13-22(21)30-2)23(26)17-5-3-7-20(11-17)32(27,28)24-14-19-6-4-10-31-19/h3,5,7,11-13,19,24H,4,6,8-10,14-15H2,1-2H3/t19-/m0/s1. The molecule has 1 saturated heterocycles. The van der Waals surface area contributed by atoms with Gasteiger partial charge in [0.25, 0.3) is 5.91 Å². The Labute approximate surface area is 188 Å². The summed E-state index contributed by atoms with van der Waals surface area (Å²) in [6, 6.07) is 10.0. The van der Waals surface area contributed by atoms with E-state index in [4.69, 9.17) is 14.2 Å². The molecule has 32 heavy (non-hydrogen) atoms. The van der Waals surface area contributed by atoms with Crippen LogP contribution in [0.25, 0.3) is 0 Å². The Balaban J connectivity index is 1.49. The molecular weight excluding hydrogens is 432 g/mol. The third-order valence-corrected chi connectivity index (χ3v) is 7.34. The molecule has 8 nitrogen and oxygen atoms in total. The van der Waals surface area contributed by atoms with Gasteiger partial charge in [0.15, 0.2) is 11.5 Å². The summed E-state index contributed by atoms with van der Waals surface area (Å²) in [5, 5.41) is 0. The van der Waals surface area contributed by atoms with Crippen molar-refractivity contribution >= 4 is 15.9 Å². The van der Waals surface area contributed by atoms with Crippen LogP contribution in [0, 0.1) is 0 Å². The molecule has 0 unspecified atom stereocenters. The number of nitrogens with one attached hydrogen (secondary N) is 1. The largest absolute Gasteiger partial charge is 0.493 e. The van der Waals surface area contributed by atoms with E-state index in [1.807, 2.05) is 12.1 Å². The average Bonchev–Trinajstić information content (AvgIpc) is 3.35. The molecule has 4 rings (SSSR count). The lowest BCUT2D eigenvalue weighted by Crippen LogP contribution is -2.36. The number of sulfonamides is 1. The van der Waals surface area contributed by atoms with Crippen LogP contribution >= 0.6 is 0 Å². The van der Waals surface area contributed by atoms with Crippen LogP contribution in [0.4, 0.5) is 0 Å². The predicted octanol–water partition coefficient (Wildman–Crippen LogP) is 2.36. The fourth-order valence-corrected chi connectivity index (χ4v) is 5.24. The van der Waals surface area contributed by atoms with E-state index in [9.17, 15) is 13.2 Å². The van der Waals surface area contributed by atoms with E-state index in [0.717, 1.165) is 24.0 Å². The summed E-state index contributed by atoms with van der Waals surface area (Å²) in [6.45, 7) is 1.85.